The van der Waals surface area contributed by atoms with Crippen LogP contribution in [0.25, 0.3) is 16.7 Å². The monoisotopic (exact) mass is 458 g/mol. The lowest BCUT2D eigenvalue weighted by molar-refractivity contribution is -0.121. The summed E-state index contributed by atoms with van der Waals surface area (Å²) >= 11 is 2.64. The molecule has 3 rings (SSSR count). The van der Waals surface area contributed by atoms with E-state index in [1.54, 1.807) is 10.9 Å². The predicted octanol–water partition coefficient (Wildman–Crippen LogP) is 3.05. The fraction of sp³-hybridized carbons (Fsp3) is 0.381. The van der Waals surface area contributed by atoms with E-state index in [0.29, 0.717) is 28.9 Å². The molecule has 31 heavy (non-hydrogen) atoms. The first-order chi connectivity index (χ1) is 14.9. The van der Waals surface area contributed by atoms with Crippen molar-refractivity contribution in [2.75, 3.05) is 13.1 Å². The molecule has 164 valence electrons. The van der Waals surface area contributed by atoms with Crippen molar-refractivity contribution in [2.45, 2.75) is 48.4 Å². The zero-order valence-corrected chi connectivity index (χ0v) is 19.6. The summed E-state index contributed by atoms with van der Waals surface area (Å²) < 4.78 is 1.75. The van der Waals surface area contributed by atoms with Crippen molar-refractivity contribution in [1.82, 2.24) is 30.4 Å². The van der Waals surface area contributed by atoms with Gasteiger partial charge in [0, 0.05) is 13.1 Å². The van der Waals surface area contributed by atoms with Gasteiger partial charge in [0.05, 0.1) is 27.8 Å². The summed E-state index contributed by atoms with van der Waals surface area (Å²) in [4.78, 5) is 33.9. The van der Waals surface area contributed by atoms with Crippen molar-refractivity contribution >= 4 is 46.4 Å². The van der Waals surface area contributed by atoms with Crippen molar-refractivity contribution in [3.8, 4) is 5.69 Å². The van der Waals surface area contributed by atoms with Crippen molar-refractivity contribution in [2.24, 2.45) is 0 Å². The van der Waals surface area contributed by atoms with Gasteiger partial charge in [-0.2, -0.15) is 5.10 Å². The fourth-order valence-corrected chi connectivity index (χ4v) is 4.62. The summed E-state index contributed by atoms with van der Waals surface area (Å²) in [7, 11) is 0. The molecule has 2 N–H and O–H groups in total. The molecule has 0 aliphatic rings. The molecule has 8 nitrogen and oxygen atoms in total. The third kappa shape index (κ3) is 5.56. The molecule has 0 fully saturated rings. The molecular weight excluding hydrogens is 432 g/mol. The Morgan fingerprint density at radius 2 is 1.58 bits per heavy atom. The molecule has 2 atom stereocenters. The smallest absolute Gasteiger partial charge is 0.233 e. The Hall–Kier alpha value is -2.59. The fourth-order valence-electron chi connectivity index (χ4n) is 2.83. The van der Waals surface area contributed by atoms with Crippen LogP contribution in [0.3, 0.4) is 0 Å². The van der Waals surface area contributed by atoms with E-state index in [-0.39, 0.29) is 22.3 Å². The van der Waals surface area contributed by atoms with E-state index >= 15 is 0 Å². The van der Waals surface area contributed by atoms with Gasteiger partial charge in [0.15, 0.2) is 10.8 Å². The number of amides is 2. The van der Waals surface area contributed by atoms with Gasteiger partial charge in [-0.3, -0.25) is 9.59 Å². The predicted molar refractivity (Wildman–Crippen MR) is 125 cm³/mol. The Balaban J connectivity index is 2.03. The number of para-hydroxylation sites is 1. The molecule has 10 heteroatoms. The van der Waals surface area contributed by atoms with Crippen LogP contribution in [-0.4, -0.2) is 55.2 Å². The zero-order chi connectivity index (χ0) is 22.4. The van der Waals surface area contributed by atoms with E-state index < -0.39 is 0 Å². The Kier molecular flexibility index (Phi) is 7.91. The van der Waals surface area contributed by atoms with E-state index in [4.69, 9.17) is 4.98 Å². The van der Waals surface area contributed by atoms with Crippen LogP contribution in [0.15, 0.2) is 46.7 Å². The highest BCUT2D eigenvalue weighted by Gasteiger charge is 2.22. The molecule has 3 aromatic rings. The van der Waals surface area contributed by atoms with Crippen LogP contribution >= 0.6 is 23.5 Å². The Bertz CT molecular complexity index is 1060. The third-order valence-corrected chi connectivity index (χ3v) is 6.45. The number of aromatic nitrogens is 4. The lowest BCUT2D eigenvalue weighted by Crippen LogP contribution is -2.31. The third-order valence-electron chi connectivity index (χ3n) is 4.38. The molecule has 0 radical (unpaired) electrons. The molecule has 0 aliphatic heterocycles. The quantitative estimate of drug-likeness (QED) is 0.289. The van der Waals surface area contributed by atoms with Gasteiger partial charge in [-0.15, -0.1) is 0 Å². The molecular formula is C21H26N6O2S2. The number of thioether (sulfide) groups is 2. The Labute approximate surface area is 190 Å². The van der Waals surface area contributed by atoms with Crippen LogP contribution in [0.2, 0.25) is 0 Å². The second-order valence-corrected chi connectivity index (χ2v) is 9.39. The molecule has 2 amide bonds. The number of hydrogen-bond acceptors (Lipinski definition) is 7. The Morgan fingerprint density at radius 1 is 0.968 bits per heavy atom. The van der Waals surface area contributed by atoms with Gasteiger partial charge in [-0.05, 0) is 39.8 Å². The summed E-state index contributed by atoms with van der Waals surface area (Å²) in [5, 5.41) is 11.4. The average Bonchev–Trinajstić information content (AvgIpc) is 3.19. The molecule has 0 saturated carbocycles. The van der Waals surface area contributed by atoms with E-state index in [1.807, 2.05) is 58.0 Å². The highest BCUT2D eigenvalue weighted by Crippen LogP contribution is 2.32. The molecule has 2 heterocycles. The highest BCUT2D eigenvalue weighted by atomic mass is 32.2. The van der Waals surface area contributed by atoms with Gasteiger partial charge in [0.1, 0.15) is 5.03 Å². The number of nitrogens with zero attached hydrogens (tertiary/aromatic N) is 4. The summed E-state index contributed by atoms with van der Waals surface area (Å²) in [6.45, 7) is 8.57. The lowest BCUT2D eigenvalue weighted by Gasteiger charge is -2.13. The summed E-state index contributed by atoms with van der Waals surface area (Å²) in [5.74, 6) is -0.128. The van der Waals surface area contributed by atoms with Crippen molar-refractivity contribution in [3.63, 3.8) is 0 Å². The number of fused-ring (bicyclic) bond motifs is 1. The van der Waals surface area contributed by atoms with Gasteiger partial charge in [0.25, 0.3) is 0 Å². The van der Waals surface area contributed by atoms with Gasteiger partial charge >= 0.3 is 0 Å². The van der Waals surface area contributed by atoms with Gasteiger partial charge in [0.2, 0.25) is 11.8 Å². The van der Waals surface area contributed by atoms with Crippen LogP contribution in [0.1, 0.15) is 27.7 Å². The van der Waals surface area contributed by atoms with Crippen LogP contribution < -0.4 is 10.6 Å². The van der Waals surface area contributed by atoms with Crippen molar-refractivity contribution in [3.05, 3.63) is 36.5 Å². The first-order valence-electron chi connectivity index (χ1n) is 10.1. The van der Waals surface area contributed by atoms with E-state index in [2.05, 4.69) is 20.7 Å². The second kappa shape index (κ2) is 10.6. The maximum absolute atomic E-state index is 12.3. The van der Waals surface area contributed by atoms with Crippen molar-refractivity contribution in [1.29, 1.82) is 0 Å². The van der Waals surface area contributed by atoms with E-state index in [1.165, 1.54) is 23.5 Å². The summed E-state index contributed by atoms with van der Waals surface area (Å²) in [5.41, 5.74) is 1.51. The molecule has 0 spiro atoms. The molecule has 2 unspecified atom stereocenters. The molecule has 0 saturated heterocycles. The summed E-state index contributed by atoms with van der Waals surface area (Å²) in [6, 6.07) is 9.70. The maximum atomic E-state index is 12.3. The zero-order valence-electron chi connectivity index (χ0n) is 18.0. The number of carbonyl (C=O) groups is 2. The van der Waals surface area contributed by atoms with Crippen LogP contribution in [0.4, 0.5) is 0 Å². The number of benzene rings is 1. The first kappa shape index (κ1) is 23.1. The number of nitrogens with one attached hydrogen (secondary N) is 2. The van der Waals surface area contributed by atoms with Crippen LogP contribution in [0.5, 0.6) is 0 Å². The second-order valence-electron chi connectivity index (χ2n) is 6.75. The lowest BCUT2D eigenvalue weighted by atomic mass is 10.3. The minimum absolute atomic E-state index is 0.0559. The number of carbonyl (C=O) groups excluding carboxylic acids is 2. The molecule has 2 aromatic heterocycles. The molecule has 0 bridgehead atoms. The number of hydrogen-bond donors (Lipinski definition) is 2. The largest absolute Gasteiger partial charge is 0.355 e. The standard InChI is InChI=1S/C21H26N6O2S2/c1-5-22-18(28)13(3)30-20-16-12-24-27(15-10-8-7-9-11-15)17(16)25-21(26-20)31-14(4)19(29)23-6-2/h7-14H,5-6H2,1-4H3,(H,22,28)(H,23,29). The minimum atomic E-state index is -0.357. The van der Waals surface area contributed by atoms with Crippen LogP contribution in [-0.2, 0) is 9.59 Å². The van der Waals surface area contributed by atoms with Gasteiger partial charge in [-0.1, -0.05) is 41.7 Å². The summed E-state index contributed by atoms with van der Waals surface area (Å²) in [6.07, 6.45) is 1.72. The highest BCUT2D eigenvalue weighted by molar-refractivity contribution is 8.01. The minimum Gasteiger partial charge on any atom is -0.355 e. The molecule has 0 aliphatic carbocycles. The SMILES string of the molecule is CCNC(=O)C(C)Sc1nc(SC(C)C(=O)NCC)c2cnn(-c3ccccc3)c2n1. The van der Waals surface area contributed by atoms with Gasteiger partial charge < -0.3 is 10.6 Å². The van der Waals surface area contributed by atoms with Crippen molar-refractivity contribution < 1.29 is 9.59 Å². The normalized spacial score (nSPS) is 13.0. The van der Waals surface area contributed by atoms with E-state index in [0.717, 1.165) is 11.1 Å². The maximum Gasteiger partial charge on any atom is 0.233 e. The molecule has 1 aromatic carbocycles. The Morgan fingerprint density at radius 3 is 2.19 bits per heavy atom. The van der Waals surface area contributed by atoms with E-state index in [9.17, 15) is 9.59 Å². The first-order valence-corrected chi connectivity index (χ1v) is 11.9. The number of rotatable bonds is 9. The van der Waals surface area contributed by atoms with Crippen LogP contribution in [0, 0.1) is 0 Å². The topological polar surface area (TPSA) is 102 Å². The van der Waals surface area contributed by atoms with Gasteiger partial charge in [-0.25, -0.2) is 14.6 Å². The average molecular weight is 459 g/mol.